The molecule has 1 aromatic heterocycles. The molecule has 0 spiro atoms. The quantitative estimate of drug-likeness (QED) is 0.719. The smallest absolute Gasteiger partial charge is 0.133 e. The summed E-state index contributed by atoms with van der Waals surface area (Å²) in [5, 5.41) is 1.01. The molecular weight excluding hydrogens is 353 g/mol. The van der Waals surface area contributed by atoms with Crippen LogP contribution in [0.5, 0.6) is 5.75 Å². The minimum absolute atomic E-state index is 0.225. The van der Waals surface area contributed by atoms with Gasteiger partial charge < -0.3 is 10.5 Å². The summed E-state index contributed by atoms with van der Waals surface area (Å²) in [5.74, 6) is 0.543. The van der Waals surface area contributed by atoms with E-state index in [0.29, 0.717) is 0 Å². The zero-order valence-corrected chi connectivity index (χ0v) is 13.7. The zero-order valence-electron chi connectivity index (χ0n) is 11.3. The van der Waals surface area contributed by atoms with Crippen LogP contribution in [0.1, 0.15) is 16.5 Å². The number of methoxy groups -OCH3 is 1. The maximum Gasteiger partial charge on any atom is 0.133 e. The van der Waals surface area contributed by atoms with Crippen molar-refractivity contribution in [3.8, 4) is 5.75 Å². The van der Waals surface area contributed by atoms with Crippen molar-refractivity contribution >= 4 is 37.4 Å². The van der Waals surface area contributed by atoms with Crippen molar-refractivity contribution < 1.29 is 9.13 Å². The summed E-state index contributed by atoms with van der Waals surface area (Å²) in [4.78, 5) is 1.01. The molecule has 0 saturated heterocycles. The predicted octanol–water partition coefficient (Wildman–Crippen LogP) is 4.86. The molecule has 0 aliphatic carbocycles. The van der Waals surface area contributed by atoms with Gasteiger partial charge in [0.2, 0.25) is 0 Å². The number of fused-ring (bicyclic) bond motifs is 1. The highest BCUT2D eigenvalue weighted by atomic mass is 79.9. The number of hydrogen-bond acceptors (Lipinski definition) is 3. The monoisotopic (exact) mass is 365 g/mol. The number of ether oxygens (including phenoxy) is 1. The summed E-state index contributed by atoms with van der Waals surface area (Å²) in [7, 11) is 1.63. The van der Waals surface area contributed by atoms with Gasteiger partial charge in [0.1, 0.15) is 11.6 Å². The van der Waals surface area contributed by atoms with Crippen LogP contribution in [0.15, 0.2) is 46.9 Å². The average molecular weight is 366 g/mol. The molecule has 0 saturated carbocycles. The van der Waals surface area contributed by atoms with Gasteiger partial charge in [-0.2, -0.15) is 0 Å². The molecule has 1 heterocycles. The Morgan fingerprint density at radius 2 is 2.00 bits per heavy atom. The fourth-order valence-corrected chi connectivity index (χ4v) is 3.90. The van der Waals surface area contributed by atoms with E-state index >= 15 is 0 Å². The first-order valence-electron chi connectivity index (χ1n) is 6.36. The fourth-order valence-electron chi connectivity index (χ4n) is 2.22. The van der Waals surface area contributed by atoms with E-state index in [4.69, 9.17) is 10.5 Å². The highest BCUT2D eigenvalue weighted by Crippen LogP contribution is 2.34. The molecule has 1 atom stereocenters. The van der Waals surface area contributed by atoms with Gasteiger partial charge in [-0.15, -0.1) is 11.3 Å². The van der Waals surface area contributed by atoms with Gasteiger partial charge in [-0.3, -0.25) is 0 Å². The van der Waals surface area contributed by atoms with Crippen molar-refractivity contribution in [3.05, 3.63) is 63.2 Å². The van der Waals surface area contributed by atoms with Crippen molar-refractivity contribution in [1.82, 2.24) is 0 Å². The molecule has 108 valence electrons. The molecule has 0 aliphatic rings. The lowest BCUT2D eigenvalue weighted by Crippen LogP contribution is -2.10. The van der Waals surface area contributed by atoms with E-state index in [-0.39, 0.29) is 11.9 Å². The summed E-state index contributed by atoms with van der Waals surface area (Å²) in [6.45, 7) is 0. The van der Waals surface area contributed by atoms with E-state index in [1.54, 1.807) is 19.2 Å². The van der Waals surface area contributed by atoms with Gasteiger partial charge in [0.25, 0.3) is 0 Å². The molecule has 2 N–H and O–H groups in total. The van der Waals surface area contributed by atoms with Gasteiger partial charge in [-0.1, -0.05) is 12.1 Å². The summed E-state index contributed by atoms with van der Waals surface area (Å²) < 4.78 is 20.3. The van der Waals surface area contributed by atoms with E-state index in [9.17, 15) is 4.39 Å². The summed E-state index contributed by atoms with van der Waals surface area (Å²) in [6, 6.07) is 12.3. The Labute approximate surface area is 134 Å². The number of nitrogens with two attached hydrogens (primary N) is 1. The van der Waals surface area contributed by atoms with Crippen molar-refractivity contribution in [1.29, 1.82) is 0 Å². The Morgan fingerprint density at radius 3 is 2.71 bits per heavy atom. The zero-order chi connectivity index (χ0) is 15.0. The largest absolute Gasteiger partial charge is 0.496 e. The van der Waals surface area contributed by atoms with Gasteiger partial charge in [0.05, 0.1) is 17.6 Å². The fraction of sp³-hybridized carbons (Fsp3) is 0.125. The third-order valence-electron chi connectivity index (χ3n) is 3.34. The molecule has 21 heavy (non-hydrogen) atoms. The molecule has 0 radical (unpaired) electrons. The highest BCUT2D eigenvalue weighted by molar-refractivity contribution is 9.10. The average Bonchev–Trinajstić information content (AvgIpc) is 2.89. The van der Waals surface area contributed by atoms with Crippen LogP contribution in [0.4, 0.5) is 4.39 Å². The summed E-state index contributed by atoms with van der Waals surface area (Å²) in [5.41, 5.74) is 7.31. The minimum Gasteiger partial charge on any atom is -0.496 e. The number of benzene rings is 2. The Kier molecular flexibility index (Phi) is 3.97. The van der Waals surface area contributed by atoms with Crippen molar-refractivity contribution in [3.63, 3.8) is 0 Å². The molecule has 0 amide bonds. The molecule has 3 rings (SSSR count). The molecule has 0 aliphatic heterocycles. The molecular formula is C16H13BrFNOS. The first-order valence-corrected chi connectivity index (χ1v) is 7.97. The van der Waals surface area contributed by atoms with Crippen LogP contribution in [0.25, 0.3) is 10.1 Å². The van der Waals surface area contributed by atoms with Crippen LogP contribution in [-0.2, 0) is 0 Å². The maximum absolute atomic E-state index is 13.3. The van der Waals surface area contributed by atoms with E-state index < -0.39 is 0 Å². The van der Waals surface area contributed by atoms with Crippen LogP contribution in [0, 0.1) is 5.82 Å². The van der Waals surface area contributed by atoms with Gasteiger partial charge in [-0.05, 0) is 57.2 Å². The van der Waals surface area contributed by atoms with Gasteiger partial charge in [0.15, 0.2) is 0 Å². The van der Waals surface area contributed by atoms with Crippen LogP contribution in [-0.4, -0.2) is 7.11 Å². The standard InChI is InChI=1S/C16H13BrFNOS/c1-20-13-5-3-10(6-12(13)17)16(19)15-7-9-2-4-11(18)8-14(9)21-15/h2-8,16H,19H2,1H3. The number of rotatable bonds is 3. The van der Waals surface area contributed by atoms with Gasteiger partial charge in [0, 0.05) is 9.58 Å². The normalized spacial score (nSPS) is 12.6. The van der Waals surface area contributed by atoms with E-state index in [2.05, 4.69) is 15.9 Å². The first kappa shape index (κ1) is 14.5. The molecule has 2 nitrogen and oxygen atoms in total. The second-order valence-electron chi connectivity index (χ2n) is 4.70. The topological polar surface area (TPSA) is 35.2 Å². The first-order chi connectivity index (χ1) is 10.1. The number of hydrogen-bond donors (Lipinski definition) is 1. The van der Waals surface area contributed by atoms with Gasteiger partial charge >= 0.3 is 0 Å². The summed E-state index contributed by atoms with van der Waals surface area (Å²) >= 11 is 4.98. The van der Waals surface area contributed by atoms with Crippen molar-refractivity contribution in [2.24, 2.45) is 5.73 Å². The second kappa shape index (κ2) is 5.75. The highest BCUT2D eigenvalue weighted by Gasteiger charge is 2.14. The van der Waals surface area contributed by atoms with Crippen LogP contribution in [0.3, 0.4) is 0 Å². The molecule has 3 aromatic rings. The summed E-state index contributed by atoms with van der Waals surface area (Å²) in [6.07, 6.45) is 0. The molecule has 5 heteroatoms. The number of halogens is 2. The van der Waals surface area contributed by atoms with Crippen LogP contribution >= 0.6 is 27.3 Å². The number of thiophene rings is 1. The van der Waals surface area contributed by atoms with Gasteiger partial charge in [-0.25, -0.2) is 4.39 Å². The minimum atomic E-state index is -0.243. The van der Waals surface area contributed by atoms with E-state index in [0.717, 1.165) is 30.7 Å². The maximum atomic E-state index is 13.3. The van der Waals surface area contributed by atoms with E-state index in [1.807, 2.05) is 24.3 Å². The SMILES string of the molecule is COc1ccc(C(N)c2cc3ccc(F)cc3s2)cc1Br. The lowest BCUT2D eigenvalue weighted by Gasteiger charge is -2.12. The predicted molar refractivity (Wildman–Crippen MR) is 88.5 cm³/mol. The third-order valence-corrected chi connectivity index (χ3v) is 5.14. The Balaban J connectivity index is 1.99. The Morgan fingerprint density at radius 1 is 1.19 bits per heavy atom. The molecule has 0 fully saturated rings. The van der Waals surface area contributed by atoms with Crippen LogP contribution in [0.2, 0.25) is 0 Å². The Bertz CT molecular complexity index is 802. The Hall–Kier alpha value is -1.43. The van der Waals surface area contributed by atoms with Crippen LogP contribution < -0.4 is 10.5 Å². The molecule has 1 unspecified atom stereocenters. The lowest BCUT2D eigenvalue weighted by molar-refractivity contribution is 0.412. The van der Waals surface area contributed by atoms with Crippen molar-refractivity contribution in [2.45, 2.75) is 6.04 Å². The third kappa shape index (κ3) is 2.81. The molecule has 2 aromatic carbocycles. The second-order valence-corrected chi connectivity index (χ2v) is 6.67. The van der Waals surface area contributed by atoms with Crippen molar-refractivity contribution in [2.75, 3.05) is 7.11 Å². The molecule has 0 bridgehead atoms. The lowest BCUT2D eigenvalue weighted by atomic mass is 10.1. The van der Waals surface area contributed by atoms with E-state index in [1.165, 1.54) is 17.4 Å².